The standard InChI is InChI=1S/C15H13N3/c1-18-11-17-14-9-13(7-8-15(14)18)16-10-12-5-3-2-4-6-12/h2-11H,1H3. The number of imidazole rings is 1. The third-order valence-corrected chi connectivity index (χ3v) is 2.87. The second-order valence-electron chi connectivity index (χ2n) is 4.20. The van der Waals surface area contributed by atoms with Crippen molar-refractivity contribution >= 4 is 22.9 Å². The summed E-state index contributed by atoms with van der Waals surface area (Å²) in [5, 5.41) is 0. The molecule has 0 amide bonds. The summed E-state index contributed by atoms with van der Waals surface area (Å²) in [4.78, 5) is 8.78. The molecule has 0 N–H and O–H groups in total. The van der Waals surface area contributed by atoms with Crippen molar-refractivity contribution in [2.24, 2.45) is 12.0 Å². The second kappa shape index (κ2) is 4.45. The zero-order valence-electron chi connectivity index (χ0n) is 10.1. The number of aromatic nitrogens is 2. The normalized spacial score (nSPS) is 11.4. The molecule has 0 fully saturated rings. The molecule has 0 saturated carbocycles. The van der Waals surface area contributed by atoms with Crippen LogP contribution in [0.3, 0.4) is 0 Å². The van der Waals surface area contributed by atoms with Crippen molar-refractivity contribution in [2.45, 2.75) is 0 Å². The van der Waals surface area contributed by atoms with Gasteiger partial charge in [-0.05, 0) is 23.8 Å². The van der Waals surface area contributed by atoms with Crippen molar-refractivity contribution in [2.75, 3.05) is 0 Å². The van der Waals surface area contributed by atoms with Gasteiger partial charge in [0.05, 0.1) is 23.0 Å². The average molecular weight is 235 g/mol. The van der Waals surface area contributed by atoms with Gasteiger partial charge in [-0.3, -0.25) is 4.99 Å². The second-order valence-corrected chi connectivity index (χ2v) is 4.20. The molecule has 0 saturated heterocycles. The number of nitrogens with zero attached hydrogens (tertiary/aromatic N) is 3. The maximum absolute atomic E-state index is 4.46. The largest absolute Gasteiger partial charge is 0.334 e. The van der Waals surface area contributed by atoms with E-state index >= 15 is 0 Å². The Hall–Kier alpha value is -2.42. The lowest BCUT2D eigenvalue weighted by Crippen LogP contribution is -1.82. The van der Waals surface area contributed by atoms with Crippen LogP contribution in [0, 0.1) is 0 Å². The molecule has 88 valence electrons. The molecule has 0 aliphatic carbocycles. The Morgan fingerprint density at radius 2 is 1.94 bits per heavy atom. The van der Waals surface area contributed by atoms with Crippen LogP contribution in [0.1, 0.15) is 5.56 Å². The molecule has 0 bridgehead atoms. The Morgan fingerprint density at radius 3 is 2.78 bits per heavy atom. The van der Waals surface area contributed by atoms with Gasteiger partial charge < -0.3 is 4.57 Å². The Labute approximate surface area is 105 Å². The molecule has 18 heavy (non-hydrogen) atoms. The molecule has 1 aromatic heterocycles. The molecule has 0 spiro atoms. The minimum Gasteiger partial charge on any atom is -0.334 e. The lowest BCUT2D eigenvalue weighted by molar-refractivity contribution is 0.948. The van der Waals surface area contributed by atoms with E-state index in [0.29, 0.717) is 0 Å². The van der Waals surface area contributed by atoms with Crippen molar-refractivity contribution in [3.63, 3.8) is 0 Å². The molecule has 1 heterocycles. The lowest BCUT2D eigenvalue weighted by atomic mass is 10.2. The van der Waals surface area contributed by atoms with Crippen molar-refractivity contribution in [1.82, 2.24) is 9.55 Å². The summed E-state index contributed by atoms with van der Waals surface area (Å²) in [6.07, 6.45) is 3.68. The van der Waals surface area contributed by atoms with Crippen molar-refractivity contribution in [3.05, 3.63) is 60.4 Å². The number of rotatable bonds is 2. The van der Waals surface area contributed by atoms with E-state index in [1.807, 2.05) is 72.7 Å². The predicted octanol–water partition coefficient (Wildman–Crippen LogP) is 3.32. The van der Waals surface area contributed by atoms with Crippen LogP contribution in [-0.2, 0) is 7.05 Å². The zero-order valence-corrected chi connectivity index (χ0v) is 10.1. The van der Waals surface area contributed by atoms with Gasteiger partial charge in [-0.15, -0.1) is 0 Å². The number of benzene rings is 2. The van der Waals surface area contributed by atoms with Crippen LogP contribution in [0.4, 0.5) is 5.69 Å². The first-order valence-electron chi connectivity index (χ1n) is 5.83. The minimum atomic E-state index is 0.921. The van der Waals surface area contributed by atoms with Gasteiger partial charge in [0.15, 0.2) is 0 Å². The van der Waals surface area contributed by atoms with E-state index < -0.39 is 0 Å². The number of aliphatic imine (C=N–C) groups is 1. The van der Waals surface area contributed by atoms with Gasteiger partial charge in [-0.25, -0.2) is 4.98 Å². The first kappa shape index (κ1) is 10.7. The van der Waals surface area contributed by atoms with E-state index in [-0.39, 0.29) is 0 Å². The molecule has 0 aliphatic rings. The maximum atomic E-state index is 4.46. The number of hydrogen-bond acceptors (Lipinski definition) is 2. The van der Waals surface area contributed by atoms with Gasteiger partial charge in [0, 0.05) is 13.3 Å². The van der Waals surface area contributed by atoms with Crippen molar-refractivity contribution in [3.8, 4) is 0 Å². The maximum Gasteiger partial charge on any atom is 0.0955 e. The fourth-order valence-electron chi connectivity index (χ4n) is 1.89. The Balaban J connectivity index is 1.93. The molecule has 3 rings (SSSR count). The highest BCUT2D eigenvalue weighted by molar-refractivity contribution is 5.84. The predicted molar refractivity (Wildman–Crippen MR) is 74.4 cm³/mol. The van der Waals surface area contributed by atoms with E-state index in [1.165, 1.54) is 0 Å². The average Bonchev–Trinajstić information content (AvgIpc) is 2.79. The summed E-state index contributed by atoms with van der Waals surface area (Å²) in [5.74, 6) is 0. The van der Waals surface area contributed by atoms with E-state index in [2.05, 4.69) is 9.98 Å². The first-order chi connectivity index (χ1) is 8.83. The molecule has 0 unspecified atom stereocenters. The van der Waals surface area contributed by atoms with E-state index in [4.69, 9.17) is 0 Å². The van der Waals surface area contributed by atoms with Crippen LogP contribution >= 0.6 is 0 Å². The highest BCUT2D eigenvalue weighted by Gasteiger charge is 1.99. The minimum absolute atomic E-state index is 0.921. The SMILES string of the molecule is Cn1cnc2cc(N=Cc3ccccc3)ccc21. The zero-order chi connectivity index (χ0) is 12.4. The third-order valence-electron chi connectivity index (χ3n) is 2.87. The molecular formula is C15H13N3. The summed E-state index contributed by atoms with van der Waals surface area (Å²) in [5.41, 5.74) is 4.11. The molecule has 3 heteroatoms. The van der Waals surface area contributed by atoms with Gasteiger partial charge in [0.1, 0.15) is 0 Å². The van der Waals surface area contributed by atoms with Crippen molar-refractivity contribution < 1.29 is 0 Å². The van der Waals surface area contributed by atoms with E-state index in [9.17, 15) is 0 Å². The summed E-state index contributed by atoms with van der Waals surface area (Å²) >= 11 is 0. The van der Waals surface area contributed by atoms with E-state index in [1.54, 1.807) is 0 Å². The van der Waals surface area contributed by atoms with Crippen LogP contribution in [0.5, 0.6) is 0 Å². The third kappa shape index (κ3) is 2.02. The molecule has 0 aliphatic heterocycles. The van der Waals surface area contributed by atoms with Crippen LogP contribution in [0.25, 0.3) is 11.0 Å². The Kier molecular flexibility index (Phi) is 2.65. The van der Waals surface area contributed by atoms with Gasteiger partial charge in [0.2, 0.25) is 0 Å². The molecule has 3 aromatic rings. The van der Waals surface area contributed by atoms with Gasteiger partial charge >= 0.3 is 0 Å². The fraction of sp³-hybridized carbons (Fsp3) is 0.0667. The molecular weight excluding hydrogens is 222 g/mol. The van der Waals surface area contributed by atoms with Crippen molar-refractivity contribution in [1.29, 1.82) is 0 Å². The van der Waals surface area contributed by atoms with Gasteiger partial charge in [0.25, 0.3) is 0 Å². The Morgan fingerprint density at radius 1 is 1.11 bits per heavy atom. The molecule has 3 nitrogen and oxygen atoms in total. The molecule has 2 aromatic carbocycles. The highest BCUT2D eigenvalue weighted by atomic mass is 15.0. The summed E-state index contributed by atoms with van der Waals surface area (Å²) in [7, 11) is 1.99. The van der Waals surface area contributed by atoms with Crippen LogP contribution in [-0.4, -0.2) is 15.8 Å². The monoisotopic (exact) mass is 235 g/mol. The number of aryl methyl sites for hydroxylation is 1. The topological polar surface area (TPSA) is 30.2 Å². The smallest absolute Gasteiger partial charge is 0.0955 e. The van der Waals surface area contributed by atoms with Crippen LogP contribution in [0.2, 0.25) is 0 Å². The van der Waals surface area contributed by atoms with Crippen LogP contribution in [0.15, 0.2) is 59.9 Å². The fourth-order valence-corrected chi connectivity index (χ4v) is 1.89. The summed E-state index contributed by atoms with van der Waals surface area (Å²) in [6.45, 7) is 0. The molecule has 0 radical (unpaired) electrons. The molecule has 0 atom stereocenters. The lowest BCUT2D eigenvalue weighted by Gasteiger charge is -1.96. The first-order valence-corrected chi connectivity index (χ1v) is 5.83. The number of fused-ring (bicyclic) bond motifs is 1. The van der Waals surface area contributed by atoms with E-state index in [0.717, 1.165) is 22.3 Å². The summed E-state index contributed by atoms with van der Waals surface area (Å²) in [6, 6.07) is 16.1. The van der Waals surface area contributed by atoms with Crippen LogP contribution < -0.4 is 0 Å². The quantitative estimate of drug-likeness (QED) is 0.627. The van der Waals surface area contributed by atoms with Gasteiger partial charge in [-0.2, -0.15) is 0 Å². The summed E-state index contributed by atoms with van der Waals surface area (Å²) < 4.78 is 2.00. The van der Waals surface area contributed by atoms with Gasteiger partial charge in [-0.1, -0.05) is 30.3 Å². The Bertz CT molecular complexity index is 696. The highest BCUT2D eigenvalue weighted by Crippen LogP contribution is 2.19. The number of hydrogen-bond donors (Lipinski definition) is 0.